The van der Waals surface area contributed by atoms with Crippen LogP contribution < -0.4 is 14.4 Å². The molecule has 0 atom stereocenters. The molecule has 230 valence electrons. The van der Waals surface area contributed by atoms with E-state index in [1.54, 1.807) is 17.0 Å². The normalized spacial score (nSPS) is 14.8. The number of carbonyl (C=O) groups excluding carboxylic acids is 1. The number of nitrogens with zero attached hydrogens (tertiary/aromatic N) is 2. The molecule has 0 aliphatic carbocycles. The third-order valence-corrected chi connectivity index (χ3v) is 9.00. The van der Waals surface area contributed by atoms with E-state index in [4.69, 9.17) is 37.7 Å². The quantitative estimate of drug-likeness (QED) is 0.126. The molecule has 0 N–H and O–H groups in total. The molecule has 0 radical (unpaired) electrons. The molecule has 8 heteroatoms. The molecule has 1 aliphatic rings. The van der Waals surface area contributed by atoms with Crippen molar-refractivity contribution in [3.8, 4) is 11.5 Å². The Bertz CT molecular complexity index is 1820. The highest BCUT2D eigenvalue weighted by atomic mass is 35.5. The fourth-order valence-electron chi connectivity index (χ4n) is 4.75. The minimum Gasteiger partial charge on any atom is -0.490 e. The summed E-state index contributed by atoms with van der Waals surface area (Å²) in [4.78, 5) is 20.9. The van der Waals surface area contributed by atoms with Crippen molar-refractivity contribution >= 4 is 63.5 Å². The van der Waals surface area contributed by atoms with Gasteiger partial charge in [-0.15, -0.1) is 6.58 Å². The monoisotopic (exact) mass is 656 g/mol. The van der Waals surface area contributed by atoms with E-state index < -0.39 is 0 Å². The molecular weight excluding hydrogens is 623 g/mol. The van der Waals surface area contributed by atoms with Gasteiger partial charge in [-0.3, -0.25) is 9.69 Å². The molecule has 1 heterocycles. The van der Waals surface area contributed by atoms with Crippen LogP contribution in [0.5, 0.6) is 11.5 Å². The molecule has 0 unspecified atom stereocenters. The third kappa shape index (κ3) is 7.64. The number of thioether (sulfide) groups is 1. The van der Waals surface area contributed by atoms with Crippen molar-refractivity contribution in [2.24, 2.45) is 4.99 Å². The Kier molecular flexibility index (Phi) is 10.4. The van der Waals surface area contributed by atoms with Gasteiger partial charge >= 0.3 is 0 Å². The number of anilines is 1. The Morgan fingerprint density at radius 1 is 0.911 bits per heavy atom. The van der Waals surface area contributed by atoms with Gasteiger partial charge in [-0.05, 0) is 111 Å². The van der Waals surface area contributed by atoms with Gasteiger partial charge < -0.3 is 9.47 Å². The molecule has 0 aromatic heterocycles. The Balaban J connectivity index is 1.55. The SMILES string of the molecule is C=CCc1cc(/C=C2/SC(=Nc3ccc(C)c(Cl)c3)N(c3ccc(C)c(Cl)c3)C2=O)cc(OCC)c1OCc1ccc(C)cc1. The van der Waals surface area contributed by atoms with Gasteiger partial charge in [0.1, 0.15) is 6.61 Å². The predicted molar refractivity (Wildman–Crippen MR) is 190 cm³/mol. The molecule has 4 aromatic rings. The van der Waals surface area contributed by atoms with Gasteiger partial charge in [-0.2, -0.15) is 0 Å². The number of hydrogen-bond donors (Lipinski definition) is 0. The second-order valence-corrected chi connectivity index (χ2v) is 12.5. The van der Waals surface area contributed by atoms with Gasteiger partial charge in [0.05, 0.1) is 22.9 Å². The maximum atomic E-state index is 14.0. The topological polar surface area (TPSA) is 51.1 Å². The van der Waals surface area contributed by atoms with Gasteiger partial charge in [-0.25, -0.2) is 4.99 Å². The van der Waals surface area contributed by atoms with E-state index in [2.05, 4.69) is 37.8 Å². The zero-order valence-electron chi connectivity index (χ0n) is 25.7. The third-order valence-electron chi connectivity index (χ3n) is 7.22. The van der Waals surface area contributed by atoms with Crippen LogP contribution in [0.3, 0.4) is 0 Å². The van der Waals surface area contributed by atoms with Crippen molar-refractivity contribution in [2.75, 3.05) is 11.5 Å². The zero-order chi connectivity index (χ0) is 32.1. The maximum Gasteiger partial charge on any atom is 0.271 e. The summed E-state index contributed by atoms with van der Waals surface area (Å²) in [5, 5.41) is 1.67. The number of rotatable bonds is 10. The summed E-state index contributed by atoms with van der Waals surface area (Å²) < 4.78 is 12.4. The van der Waals surface area contributed by atoms with E-state index >= 15 is 0 Å². The van der Waals surface area contributed by atoms with Crippen LogP contribution in [0.4, 0.5) is 11.4 Å². The molecule has 1 aliphatic heterocycles. The fourth-order valence-corrected chi connectivity index (χ4v) is 6.10. The first-order chi connectivity index (χ1) is 21.7. The summed E-state index contributed by atoms with van der Waals surface area (Å²) in [6, 6.07) is 23.3. The first kappa shape index (κ1) is 32.4. The number of carbonyl (C=O) groups is 1. The smallest absolute Gasteiger partial charge is 0.271 e. The second-order valence-electron chi connectivity index (χ2n) is 10.7. The van der Waals surface area contributed by atoms with Crippen LogP contribution in [0.2, 0.25) is 10.0 Å². The number of hydrogen-bond acceptors (Lipinski definition) is 5. The maximum absolute atomic E-state index is 14.0. The first-order valence-corrected chi connectivity index (χ1v) is 16.2. The summed E-state index contributed by atoms with van der Waals surface area (Å²) in [5.41, 5.74) is 7.11. The van der Waals surface area contributed by atoms with Gasteiger partial charge in [-0.1, -0.05) is 71.2 Å². The van der Waals surface area contributed by atoms with Crippen molar-refractivity contribution in [3.05, 3.63) is 134 Å². The number of amides is 1. The lowest BCUT2D eigenvalue weighted by Gasteiger charge is -2.17. The van der Waals surface area contributed by atoms with Crippen LogP contribution in [-0.4, -0.2) is 17.7 Å². The van der Waals surface area contributed by atoms with Crippen molar-refractivity contribution in [1.29, 1.82) is 0 Å². The van der Waals surface area contributed by atoms with E-state index in [-0.39, 0.29) is 5.91 Å². The number of allylic oxidation sites excluding steroid dienone is 1. The molecule has 1 amide bonds. The van der Waals surface area contributed by atoms with Crippen LogP contribution in [0.15, 0.2) is 95.3 Å². The lowest BCUT2D eigenvalue weighted by molar-refractivity contribution is -0.113. The van der Waals surface area contributed by atoms with Gasteiger partial charge in [0.15, 0.2) is 16.7 Å². The van der Waals surface area contributed by atoms with Crippen molar-refractivity contribution in [1.82, 2.24) is 0 Å². The van der Waals surface area contributed by atoms with E-state index in [9.17, 15) is 4.79 Å². The molecular formula is C37H34Cl2N2O3S. The summed E-state index contributed by atoms with van der Waals surface area (Å²) in [5.74, 6) is 1.07. The van der Waals surface area contributed by atoms with Gasteiger partial charge in [0.2, 0.25) is 0 Å². The first-order valence-electron chi connectivity index (χ1n) is 14.6. The molecule has 5 nitrogen and oxygen atoms in total. The molecule has 0 bridgehead atoms. The van der Waals surface area contributed by atoms with Crippen molar-refractivity contribution in [2.45, 2.75) is 40.7 Å². The van der Waals surface area contributed by atoms with Crippen LogP contribution >= 0.6 is 35.0 Å². The summed E-state index contributed by atoms with van der Waals surface area (Å²) in [6.07, 6.45) is 4.26. The van der Waals surface area contributed by atoms with Crippen LogP contribution in [0.1, 0.15) is 40.3 Å². The van der Waals surface area contributed by atoms with Crippen molar-refractivity contribution < 1.29 is 14.3 Å². The van der Waals surface area contributed by atoms with Gasteiger partial charge in [0, 0.05) is 15.6 Å². The van der Waals surface area contributed by atoms with Gasteiger partial charge in [0.25, 0.3) is 5.91 Å². The molecule has 1 saturated heterocycles. The largest absolute Gasteiger partial charge is 0.490 e. The number of benzene rings is 4. The summed E-state index contributed by atoms with van der Waals surface area (Å²) >= 11 is 14.2. The fraction of sp³-hybridized carbons (Fsp3) is 0.189. The molecule has 0 spiro atoms. The average Bonchev–Trinajstić information content (AvgIpc) is 3.31. The lowest BCUT2D eigenvalue weighted by Crippen LogP contribution is -2.28. The molecule has 4 aromatic carbocycles. The highest BCUT2D eigenvalue weighted by molar-refractivity contribution is 8.19. The molecule has 5 rings (SSSR count). The Morgan fingerprint density at radius 3 is 2.29 bits per heavy atom. The van der Waals surface area contributed by atoms with Crippen LogP contribution in [0, 0.1) is 20.8 Å². The standard InChI is InChI=1S/C37H34Cl2N2O3S/c1-6-8-28-17-27(18-33(43-7-2)35(28)44-22-26-13-9-23(3)10-14-26)19-34-36(42)41(30-16-12-25(5)32(39)21-30)37(45-34)40-29-15-11-24(4)31(38)20-29/h6,9-21H,1,7-8,22H2,2-5H3/b34-19+,40-37?. The van der Waals surface area contributed by atoms with E-state index in [1.807, 2.05) is 69.3 Å². The van der Waals surface area contributed by atoms with E-state index in [0.717, 1.165) is 27.8 Å². The number of ether oxygens (including phenoxy) is 2. The second kappa shape index (κ2) is 14.4. The summed E-state index contributed by atoms with van der Waals surface area (Å²) in [7, 11) is 0. The molecule has 45 heavy (non-hydrogen) atoms. The summed E-state index contributed by atoms with van der Waals surface area (Å²) in [6.45, 7) is 12.7. The number of aliphatic imine (C=N–C) groups is 1. The predicted octanol–water partition coefficient (Wildman–Crippen LogP) is 10.4. The number of aryl methyl sites for hydroxylation is 3. The molecule has 0 saturated carbocycles. The average molecular weight is 658 g/mol. The van der Waals surface area contributed by atoms with Crippen molar-refractivity contribution in [3.63, 3.8) is 0 Å². The Morgan fingerprint density at radius 2 is 1.62 bits per heavy atom. The Labute approximate surface area is 279 Å². The van der Waals surface area contributed by atoms with E-state index in [1.165, 1.54) is 17.3 Å². The number of amidine groups is 1. The van der Waals surface area contributed by atoms with E-state index in [0.29, 0.717) is 62.6 Å². The highest BCUT2D eigenvalue weighted by Crippen LogP contribution is 2.41. The number of halogens is 2. The van der Waals surface area contributed by atoms with Crippen LogP contribution in [0.25, 0.3) is 6.08 Å². The zero-order valence-corrected chi connectivity index (χ0v) is 28.0. The minimum absolute atomic E-state index is 0.209. The van der Waals surface area contributed by atoms with Crippen LogP contribution in [-0.2, 0) is 17.8 Å². The lowest BCUT2D eigenvalue weighted by atomic mass is 10.0. The minimum atomic E-state index is -0.209. The Hall–Kier alpha value is -3.97. The molecule has 1 fully saturated rings. The highest BCUT2D eigenvalue weighted by Gasteiger charge is 2.35.